The zero-order valence-electron chi connectivity index (χ0n) is 14.5. The number of carbonyl (C=O) groups excluding carboxylic acids is 1. The second kappa shape index (κ2) is 8.07. The molecule has 0 aliphatic heterocycles. The van der Waals surface area contributed by atoms with Crippen LogP contribution >= 0.6 is 0 Å². The second-order valence-electron chi connectivity index (χ2n) is 5.63. The average Bonchev–Trinajstić information content (AvgIpc) is 3.05. The van der Waals surface area contributed by atoms with Gasteiger partial charge in [-0.1, -0.05) is 12.1 Å². The molecule has 0 aliphatic rings. The molecule has 0 bridgehead atoms. The number of halogens is 4. The van der Waals surface area contributed by atoms with Crippen molar-refractivity contribution in [2.75, 3.05) is 5.32 Å². The van der Waals surface area contributed by atoms with Crippen molar-refractivity contribution in [3.63, 3.8) is 0 Å². The zero-order valence-corrected chi connectivity index (χ0v) is 14.5. The first-order chi connectivity index (χ1) is 13.4. The molecule has 0 aliphatic carbocycles. The summed E-state index contributed by atoms with van der Waals surface area (Å²) >= 11 is 0. The topological polar surface area (TPSA) is 69.0 Å². The van der Waals surface area contributed by atoms with Crippen molar-refractivity contribution in [2.24, 2.45) is 0 Å². The minimum atomic E-state index is -2.94. The van der Waals surface area contributed by atoms with Crippen molar-refractivity contribution in [2.45, 2.75) is 20.0 Å². The lowest BCUT2D eigenvalue weighted by Gasteiger charge is -2.08. The maximum absolute atomic E-state index is 13.3. The normalized spacial score (nSPS) is 10.9. The molecule has 0 fully saturated rings. The highest BCUT2D eigenvalue weighted by Gasteiger charge is 2.20. The summed E-state index contributed by atoms with van der Waals surface area (Å²) in [5, 5.41) is 10.1. The predicted molar refractivity (Wildman–Crippen MR) is 91.7 cm³/mol. The van der Waals surface area contributed by atoms with Gasteiger partial charge in [-0.05, 0) is 42.8 Å². The second-order valence-corrected chi connectivity index (χ2v) is 5.63. The summed E-state index contributed by atoms with van der Waals surface area (Å²) in [6.07, 6.45) is 0.364. The van der Waals surface area contributed by atoms with Gasteiger partial charge in [-0.2, -0.15) is 8.78 Å². The van der Waals surface area contributed by atoms with Crippen molar-refractivity contribution in [3.05, 3.63) is 65.5 Å². The van der Waals surface area contributed by atoms with Gasteiger partial charge in [0.1, 0.15) is 17.4 Å². The van der Waals surface area contributed by atoms with E-state index in [1.165, 1.54) is 28.9 Å². The van der Waals surface area contributed by atoms with Gasteiger partial charge in [0.2, 0.25) is 0 Å². The summed E-state index contributed by atoms with van der Waals surface area (Å²) in [5.74, 6) is -2.38. The Bertz CT molecular complexity index is 970. The fourth-order valence-corrected chi connectivity index (χ4v) is 2.59. The van der Waals surface area contributed by atoms with E-state index in [0.717, 1.165) is 12.1 Å². The van der Waals surface area contributed by atoms with Gasteiger partial charge in [0.15, 0.2) is 5.69 Å². The number of aromatic nitrogens is 3. The largest absolute Gasteiger partial charge is 0.435 e. The van der Waals surface area contributed by atoms with Gasteiger partial charge in [0, 0.05) is 11.8 Å². The van der Waals surface area contributed by atoms with Gasteiger partial charge in [-0.3, -0.25) is 4.79 Å². The highest BCUT2D eigenvalue weighted by Crippen LogP contribution is 2.20. The minimum Gasteiger partial charge on any atom is -0.435 e. The van der Waals surface area contributed by atoms with Crippen molar-refractivity contribution in [3.8, 4) is 11.4 Å². The number of hydrogen-bond donors (Lipinski definition) is 1. The smallest absolute Gasteiger partial charge is 0.387 e. The Hall–Kier alpha value is -3.43. The number of rotatable bonds is 6. The number of ether oxygens (including phenoxy) is 1. The van der Waals surface area contributed by atoms with E-state index < -0.39 is 24.2 Å². The Morgan fingerprint density at radius 2 is 1.79 bits per heavy atom. The van der Waals surface area contributed by atoms with Crippen LogP contribution in [0.4, 0.5) is 23.2 Å². The number of nitrogens with one attached hydrogen (secondary N) is 1. The number of hydrogen-bond acceptors (Lipinski definition) is 4. The monoisotopic (exact) mass is 394 g/mol. The third kappa shape index (κ3) is 4.27. The van der Waals surface area contributed by atoms with E-state index in [1.54, 1.807) is 6.92 Å². The molecule has 1 amide bonds. The quantitative estimate of drug-likeness (QED) is 0.643. The number of nitrogens with zero attached hydrogens (tertiary/aromatic N) is 3. The van der Waals surface area contributed by atoms with Crippen LogP contribution in [0.3, 0.4) is 0 Å². The summed E-state index contributed by atoms with van der Waals surface area (Å²) in [5.41, 5.74) is 0.811. The summed E-state index contributed by atoms with van der Waals surface area (Å²) in [6.45, 7) is -1.17. The molecule has 0 unspecified atom stereocenters. The van der Waals surface area contributed by atoms with Crippen LogP contribution in [-0.4, -0.2) is 27.5 Å². The molecule has 0 radical (unpaired) electrons. The van der Waals surface area contributed by atoms with Crippen LogP contribution < -0.4 is 10.1 Å². The van der Waals surface area contributed by atoms with Gasteiger partial charge in [-0.15, -0.1) is 5.10 Å². The molecule has 3 aromatic rings. The van der Waals surface area contributed by atoms with E-state index in [9.17, 15) is 22.4 Å². The maximum Gasteiger partial charge on any atom is 0.387 e. The number of benzene rings is 2. The van der Waals surface area contributed by atoms with E-state index in [-0.39, 0.29) is 17.1 Å². The third-order valence-electron chi connectivity index (χ3n) is 3.74. The van der Waals surface area contributed by atoms with Gasteiger partial charge >= 0.3 is 6.61 Å². The molecule has 6 nitrogen and oxygen atoms in total. The molecular weight excluding hydrogens is 380 g/mol. The van der Waals surface area contributed by atoms with Gasteiger partial charge in [0.25, 0.3) is 5.91 Å². The zero-order chi connectivity index (χ0) is 20.3. The van der Waals surface area contributed by atoms with Crippen LogP contribution in [0.2, 0.25) is 0 Å². The number of alkyl halides is 2. The minimum absolute atomic E-state index is 0.0250. The van der Waals surface area contributed by atoms with Gasteiger partial charge in [0.05, 0.1) is 11.4 Å². The van der Waals surface area contributed by atoms with Crippen molar-refractivity contribution >= 4 is 11.6 Å². The number of anilines is 1. The van der Waals surface area contributed by atoms with Crippen LogP contribution in [0.15, 0.2) is 42.5 Å². The predicted octanol–water partition coefficient (Wildman–Crippen LogP) is 3.96. The molecule has 146 valence electrons. The van der Waals surface area contributed by atoms with Crippen LogP contribution in [0.25, 0.3) is 5.69 Å². The molecule has 28 heavy (non-hydrogen) atoms. The highest BCUT2D eigenvalue weighted by atomic mass is 19.3. The summed E-state index contributed by atoms with van der Waals surface area (Å²) in [6, 6.07) is 8.25. The van der Waals surface area contributed by atoms with E-state index in [1.807, 2.05) is 0 Å². The third-order valence-corrected chi connectivity index (χ3v) is 3.74. The Morgan fingerprint density at radius 3 is 2.36 bits per heavy atom. The van der Waals surface area contributed by atoms with Crippen LogP contribution in [-0.2, 0) is 6.42 Å². The van der Waals surface area contributed by atoms with Crippen LogP contribution in [0, 0.1) is 11.6 Å². The Kier molecular flexibility index (Phi) is 5.57. The maximum atomic E-state index is 13.3. The van der Waals surface area contributed by atoms with Crippen LogP contribution in [0.5, 0.6) is 5.75 Å². The molecule has 1 heterocycles. The molecule has 0 saturated carbocycles. The van der Waals surface area contributed by atoms with Crippen LogP contribution in [0.1, 0.15) is 23.1 Å². The molecule has 3 rings (SSSR count). The number of carbonyl (C=O) groups is 1. The molecule has 1 aromatic heterocycles. The molecule has 0 spiro atoms. The molecular formula is C18H14F4N4O2. The lowest BCUT2D eigenvalue weighted by molar-refractivity contribution is -0.0498. The molecule has 2 aromatic carbocycles. The first kappa shape index (κ1) is 19.3. The summed E-state index contributed by atoms with van der Waals surface area (Å²) in [4.78, 5) is 12.5. The molecule has 0 saturated heterocycles. The first-order valence-corrected chi connectivity index (χ1v) is 8.14. The lowest BCUT2D eigenvalue weighted by atomic mass is 10.2. The number of amides is 1. The van der Waals surface area contributed by atoms with Gasteiger partial charge in [-0.25, -0.2) is 13.5 Å². The standard InChI is InChI=1S/C18H14F4N4O2/c1-2-15-16(17(27)23-12-8-10(19)7-11(20)9-12)24-25-26(15)13-3-5-14(6-4-13)28-18(21)22/h3-9,18H,2H2,1H3,(H,23,27). The Labute approximate surface area is 156 Å². The fraction of sp³-hybridized carbons (Fsp3) is 0.167. The van der Waals surface area contributed by atoms with E-state index in [2.05, 4.69) is 20.4 Å². The Balaban J connectivity index is 1.86. The first-order valence-electron chi connectivity index (χ1n) is 8.14. The lowest BCUT2D eigenvalue weighted by Crippen LogP contribution is -2.15. The summed E-state index contributed by atoms with van der Waals surface area (Å²) in [7, 11) is 0. The van der Waals surface area contributed by atoms with Crippen molar-refractivity contribution < 1.29 is 27.1 Å². The van der Waals surface area contributed by atoms with E-state index in [4.69, 9.17) is 0 Å². The summed E-state index contributed by atoms with van der Waals surface area (Å²) < 4.78 is 56.7. The van der Waals surface area contributed by atoms with E-state index in [0.29, 0.717) is 23.9 Å². The molecule has 10 heteroatoms. The highest BCUT2D eigenvalue weighted by molar-refractivity contribution is 6.03. The average molecular weight is 394 g/mol. The SMILES string of the molecule is CCc1c(C(=O)Nc2cc(F)cc(F)c2)nnn1-c1ccc(OC(F)F)cc1. The van der Waals surface area contributed by atoms with Crippen molar-refractivity contribution in [1.82, 2.24) is 15.0 Å². The Morgan fingerprint density at radius 1 is 1.14 bits per heavy atom. The molecule has 0 atom stereocenters. The fourth-order valence-electron chi connectivity index (χ4n) is 2.59. The van der Waals surface area contributed by atoms with Crippen molar-refractivity contribution in [1.29, 1.82) is 0 Å². The van der Waals surface area contributed by atoms with Gasteiger partial charge < -0.3 is 10.1 Å². The van der Waals surface area contributed by atoms with E-state index >= 15 is 0 Å². The molecule has 1 N–H and O–H groups in total.